The molecule has 0 aliphatic carbocycles. The van der Waals surface area contributed by atoms with Crippen molar-refractivity contribution in [2.45, 2.75) is 64.7 Å². The number of cyclic esters (lactones) is 1. The molecule has 4 unspecified atom stereocenters. The van der Waals surface area contributed by atoms with Crippen LogP contribution in [0.4, 0.5) is 4.39 Å². The summed E-state index contributed by atoms with van der Waals surface area (Å²) in [5, 5.41) is 2.73. The van der Waals surface area contributed by atoms with Gasteiger partial charge in [0, 0.05) is 25.1 Å². The van der Waals surface area contributed by atoms with Crippen LogP contribution in [0, 0.1) is 18.7 Å². The molecule has 1 saturated heterocycles. The van der Waals surface area contributed by atoms with Crippen LogP contribution in [0.1, 0.15) is 54.7 Å². The fraction of sp³-hybridized carbons (Fsp3) is 0.394. The molecule has 0 bridgehead atoms. The first-order valence-electron chi connectivity index (χ1n) is 14.4. The Balaban J connectivity index is 1.55. The summed E-state index contributed by atoms with van der Waals surface area (Å²) >= 11 is 0. The number of hydrogen-bond donors (Lipinski definition) is 1. The van der Waals surface area contributed by atoms with Crippen molar-refractivity contribution in [1.82, 2.24) is 10.3 Å². The maximum atomic E-state index is 13.6. The molecule has 4 rings (SSSR count). The summed E-state index contributed by atoms with van der Waals surface area (Å²) in [4.78, 5) is 42.2. The SMILES string of the molecule is COc1ccnc(C(=O)NC2CCCC(Oc3ccc(C)cc3)C(Cc3ccc(F)cc3)C(C)OC2=O)c1OCOC(C)=O. The van der Waals surface area contributed by atoms with E-state index in [1.54, 1.807) is 19.1 Å². The van der Waals surface area contributed by atoms with E-state index in [1.807, 2.05) is 31.2 Å². The van der Waals surface area contributed by atoms with Crippen LogP contribution in [0.3, 0.4) is 0 Å². The first-order chi connectivity index (χ1) is 21.1. The van der Waals surface area contributed by atoms with Gasteiger partial charge in [0.15, 0.2) is 17.2 Å². The van der Waals surface area contributed by atoms with Gasteiger partial charge in [-0.1, -0.05) is 29.8 Å². The van der Waals surface area contributed by atoms with Crippen molar-refractivity contribution in [1.29, 1.82) is 0 Å². The molecule has 234 valence electrons. The largest absolute Gasteiger partial charge is 0.493 e. The highest BCUT2D eigenvalue weighted by atomic mass is 19.1. The molecular weight excluding hydrogens is 571 g/mol. The van der Waals surface area contributed by atoms with Crippen molar-refractivity contribution < 1.29 is 42.5 Å². The Morgan fingerprint density at radius 3 is 2.48 bits per heavy atom. The zero-order valence-corrected chi connectivity index (χ0v) is 25.2. The molecular formula is C33H37FN2O8. The molecule has 0 saturated carbocycles. The molecule has 1 aliphatic rings. The lowest BCUT2D eigenvalue weighted by atomic mass is 9.87. The third kappa shape index (κ3) is 8.68. The van der Waals surface area contributed by atoms with Gasteiger partial charge in [0.2, 0.25) is 6.79 Å². The number of nitrogens with zero attached hydrogens (tertiary/aromatic N) is 1. The molecule has 1 aromatic heterocycles. The van der Waals surface area contributed by atoms with Gasteiger partial charge >= 0.3 is 11.9 Å². The van der Waals surface area contributed by atoms with Gasteiger partial charge in [-0.2, -0.15) is 0 Å². The monoisotopic (exact) mass is 608 g/mol. The molecule has 1 N–H and O–H groups in total. The summed E-state index contributed by atoms with van der Waals surface area (Å²) < 4.78 is 41.7. The zero-order valence-electron chi connectivity index (χ0n) is 25.2. The van der Waals surface area contributed by atoms with Crippen LogP contribution in [0.15, 0.2) is 60.8 Å². The minimum atomic E-state index is -0.983. The fourth-order valence-corrected chi connectivity index (χ4v) is 5.06. The van der Waals surface area contributed by atoms with Gasteiger partial charge in [0.05, 0.1) is 7.11 Å². The Kier molecular flexibility index (Phi) is 11.1. The van der Waals surface area contributed by atoms with Gasteiger partial charge in [-0.15, -0.1) is 0 Å². The van der Waals surface area contributed by atoms with Crippen molar-refractivity contribution in [2.75, 3.05) is 13.9 Å². The second kappa shape index (κ2) is 15.2. The van der Waals surface area contributed by atoms with Gasteiger partial charge in [-0.25, -0.2) is 14.2 Å². The molecule has 2 heterocycles. The molecule has 11 heteroatoms. The number of pyridine rings is 1. The first kappa shape index (κ1) is 32.2. The Bertz CT molecular complexity index is 1430. The highest BCUT2D eigenvalue weighted by Crippen LogP contribution is 2.31. The quantitative estimate of drug-likeness (QED) is 0.251. The van der Waals surface area contributed by atoms with E-state index in [0.29, 0.717) is 25.0 Å². The highest BCUT2D eigenvalue weighted by molar-refractivity contribution is 5.98. The van der Waals surface area contributed by atoms with E-state index in [9.17, 15) is 18.8 Å². The Hall–Kier alpha value is -4.67. The summed E-state index contributed by atoms with van der Waals surface area (Å²) in [6.07, 6.45) is 2.30. The van der Waals surface area contributed by atoms with Crippen LogP contribution in [0.5, 0.6) is 17.2 Å². The average Bonchev–Trinajstić information content (AvgIpc) is 3.04. The van der Waals surface area contributed by atoms with E-state index < -0.39 is 36.8 Å². The number of methoxy groups -OCH3 is 1. The second-order valence-corrected chi connectivity index (χ2v) is 10.7. The van der Waals surface area contributed by atoms with Gasteiger partial charge in [0.25, 0.3) is 5.91 Å². The zero-order chi connectivity index (χ0) is 31.6. The molecule has 4 atom stereocenters. The topological polar surface area (TPSA) is 122 Å². The lowest BCUT2D eigenvalue weighted by Crippen LogP contribution is -2.44. The molecule has 2 aromatic carbocycles. The van der Waals surface area contributed by atoms with Crippen molar-refractivity contribution >= 4 is 17.8 Å². The lowest BCUT2D eigenvalue weighted by Gasteiger charge is -2.31. The van der Waals surface area contributed by atoms with E-state index in [-0.39, 0.29) is 41.5 Å². The number of esters is 2. The van der Waals surface area contributed by atoms with Crippen LogP contribution in [-0.2, 0) is 25.5 Å². The van der Waals surface area contributed by atoms with Crippen LogP contribution in [0.2, 0.25) is 0 Å². The third-order valence-corrected chi connectivity index (χ3v) is 7.42. The van der Waals surface area contributed by atoms with Gasteiger partial charge in [0.1, 0.15) is 29.8 Å². The normalized spacial score (nSPS) is 20.2. The summed E-state index contributed by atoms with van der Waals surface area (Å²) in [7, 11) is 1.39. The molecule has 44 heavy (non-hydrogen) atoms. The van der Waals surface area contributed by atoms with Gasteiger partial charge in [-0.05, 0) is 69.4 Å². The molecule has 3 aromatic rings. The van der Waals surface area contributed by atoms with Crippen molar-refractivity contribution in [3.8, 4) is 17.2 Å². The number of nitrogens with one attached hydrogen (secondary N) is 1. The minimum Gasteiger partial charge on any atom is -0.493 e. The standard InChI is InChI=1S/C33H37FN2O8/c1-20-8-14-25(15-9-20)44-28-7-5-6-27(33(39)43-21(2)26(28)18-23-10-12-24(34)13-11-23)36-32(38)30-31(42-19-41-22(3)37)29(40-4)16-17-35-30/h8-17,21,26-28H,5-7,18-19H2,1-4H3,(H,36,38). The third-order valence-electron chi connectivity index (χ3n) is 7.42. The van der Waals surface area contributed by atoms with E-state index >= 15 is 0 Å². The summed E-state index contributed by atoms with van der Waals surface area (Å²) in [5.74, 6) is -1.60. The van der Waals surface area contributed by atoms with Crippen LogP contribution < -0.4 is 19.5 Å². The number of aryl methyl sites for hydroxylation is 1. The Morgan fingerprint density at radius 2 is 1.80 bits per heavy atom. The summed E-state index contributed by atoms with van der Waals surface area (Å²) in [6, 6.07) is 14.5. The van der Waals surface area contributed by atoms with E-state index in [1.165, 1.54) is 38.4 Å². The molecule has 1 aliphatic heterocycles. The Labute approximate surface area is 255 Å². The number of carbonyl (C=O) groups is 3. The number of benzene rings is 2. The van der Waals surface area contributed by atoms with Gasteiger partial charge in [-0.3, -0.25) is 9.59 Å². The Morgan fingerprint density at radius 1 is 1.07 bits per heavy atom. The number of halogens is 1. The highest BCUT2D eigenvalue weighted by Gasteiger charge is 2.36. The number of amides is 1. The number of carbonyl (C=O) groups excluding carboxylic acids is 3. The smallest absolute Gasteiger partial charge is 0.328 e. The molecule has 10 nitrogen and oxygen atoms in total. The fourth-order valence-electron chi connectivity index (χ4n) is 5.06. The second-order valence-electron chi connectivity index (χ2n) is 10.7. The van der Waals surface area contributed by atoms with Crippen LogP contribution in [-0.4, -0.2) is 55.0 Å². The molecule has 0 spiro atoms. The predicted molar refractivity (Wildman–Crippen MR) is 158 cm³/mol. The number of rotatable bonds is 10. The maximum Gasteiger partial charge on any atom is 0.328 e. The number of aromatic nitrogens is 1. The average molecular weight is 609 g/mol. The van der Waals surface area contributed by atoms with Crippen molar-refractivity contribution in [3.05, 3.63) is 83.4 Å². The first-order valence-corrected chi connectivity index (χ1v) is 14.4. The van der Waals surface area contributed by atoms with E-state index in [0.717, 1.165) is 11.1 Å². The summed E-state index contributed by atoms with van der Waals surface area (Å²) in [6.45, 7) is 4.56. The summed E-state index contributed by atoms with van der Waals surface area (Å²) in [5.41, 5.74) is 1.83. The molecule has 1 fully saturated rings. The molecule has 0 radical (unpaired) electrons. The maximum absolute atomic E-state index is 13.6. The lowest BCUT2D eigenvalue weighted by molar-refractivity contribution is -0.154. The van der Waals surface area contributed by atoms with Crippen LogP contribution >= 0.6 is 0 Å². The van der Waals surface area contributed by atoms with Crippen LogP contribution in [0.25, 0.3) is 0 Å². The number of ether oxygens (including phenoxy) is 5. The van der Waals surface area contributed by atoms with E-state index in [4.69, 9.17) is 23.7 Å². The number of hydrogen-bond acceptors (Lipinski definition) is 9. The predicted octanol–water partition coefficient (Wildman–Crippen LogP) is 4.96. The van der Waals surface area contributed by atoms with E-state index in [2.05, 4.69) is 10.3 Å². The van der Waals surface area contributed by atoms with Crippen molar-refractivity contribution in [2.24, 2.45) is 5.92 Å². The van der Waals surface area contributed by atoms with Crippen molar-refractivity contribution in [3.63, 3.8) is 0 Å². The van der Waals surface area contributed by atoms with Gasteiger partial charge < -0.3 is 29.0 Å². The minimum absolute atomic E-state index is 0.0375. The molecule has 1 amide bonds.